The molecule has 2 aromatic carbocycles. The summed E-state index contributed by atoms with van der Waals surface area (Å²) in [5, 5.41) is 46.1. The number of rotatable bonds is 8. The van der Waals surface area contributed by atoms with E-state index in [0.717, 1.165) is 68.7 Å². The van der Waals surface area contributed by atoms with Crippen LogP contribution >= 0.6 is 11.6 Å². The van der Waals surface area contributed by atoms with Crippen LogP contribution < -0.4 is 16.0 Å². The number of fused-ring (bicyclic) bond motifs is 2. The van der Waals surface area contributed by atoms with E-state index < -0.39 is 11.8 Å². The second kappa shape index (κ2) is 17.2. The fraction of sp³-hybridized carbons (Fsp3) is 0.182. The number of hydrogen-bond donors (Lipinski definition) is 5. The number of dihydropyridines is 2. The number of pyridine rings is 2. The Labute approximate surface area is 345 Å². The van der Waals surface area contributed by atoms with Gasteiger partial charge in [-0.1, -0.05) is 23.7 Å². The number of nitrogens with one attached hydrogen (secondary N) is 5. The summed E-state index contributed by atoms with van der Waals surface area (Å²) in [6.07, 6.45) is 6.85. The number of allylic oxidation sites excluding steroid dienone is 4. The molecule has 59 heavy (non-hydrogen) atoms. The Kier molecular flexibility index (Phi) is 11.5. The highest BCUT2D eigenvalue weighted by Crippen LogP contribution is 2.43. The van der Waals surface area contributed by atoms with Crippen LogP contribution in [-0.2, 0) is 0 Å². The first-order valence-electron chi connectivity index (χ1n) is 18.5. The van der Waals surface area contributed by atoms with Gasteiger partial charge in [0, 0.05) is 58.8 Å². The van der Waals surface area contributed by atoms with Gasteiger partial charge in [-0.3, -0.25) is 10.2 Å². The molecule has 8 rings (SSSR count). The highest BCUT2D eigenvalue weighted by molar-refractivity contribution is 6.29. The molecule has 14 nitrogen and oxygen atoms in total. The van der Waals surface area contributed by atoms with Gasteiger partial charge in [0.15, 0.2) is 11.4 Å². The molecule has 0 bridgehead atoms. The zero-order valence-electron chi connectivity index (χ0n) is 32.6. The van der Waals surface area contributed by atoms with Crippen LogP contribution in [0.25, 0.3) is 42.9 Å². The lowest BCUT2D eigenvalue weighted by atomic mass is 9.83. The minimum atomic E-state index is -0.460. The molecule has 0 aliphatic carbocycles. The first-order valence-corrected chi connectivity index (χ1v) is 18.8. The summed E-state index contributed by atoms with van der Waals surface area (Å²) >= 11 is 5.89. The fourth-order valence-corrected chi connectivity index (χ4v) is 7.25. The molecule has 4 aromatic heterocycles. The van der Waals surface area contributed by atoms with Crippen LogP contribution in [0.2, 0.25) is 5.15 Å². The number of halogens is 1. The number of aromatic nitrogens is 6. The van der Waals surface area contributed by atoms with E-state index in [1.807, 2.05) is 76.5 Å². The van der Waals surface area contributed by atoms with Crippen LogP contribution in [0.5, 0.6) is 0 Å². The molecule has 6 aromatic rings. The topological polar surface area (TPSA) is 179 Å². The van der Waals surface area contributed by atoms with Gasteiger partial charge in [0.25, 0.3) is 0 Å². The number of anilines is 1. The number of hydrogen-bond acceptors (Lipinski definition) is 10. The van der Waals surface area contributed by atoms with Gasteiger partial charge in [-0.25, -0.2) is 19.7 Å². The summed E-state index contributed by atoms with van der Waals surface area (Å²) in [4.78, 5) is 18.2. The zero-order valence-corrected chi connectivity index (χ0v) is 33.3. The van der Waals surface area contributed by atoms with E-state index in [4.69, 9.17) is 24.7 Å². The van der Waals surface area contributed by atoms with Crippen molar-refractivity contribution in [2.45, 2.75) is 25.7 Å². The predicted molar refractivity (Wildman–Crippen MR) is 228 cm³/mol. The maximum absolute atomic E-state index is 10.1. The summed E-state index contributed by atoms with van der Waals surface area (Å²) < 4.78 is 0. The Morgan fingerprint density at radius 1 is 0.729 bits per heavy atom. The van der Waals surface area contributed by atoms with Crippen molar-refractivity contribution >= 4 is 50.6 Å². The Hall–Kier alpha value is -7.75. The third-order valence-corrected chi connectivity index (χ3v) is 10.3. The van der Waals surface area contributed by atoms with Crippen LogP contribution in [0.1, 0.15) is 47.9 Å². The minimum Gasteiger partial charge on any atom is -0.369 e. The second-order valence-electron chi connectivity index (χ2n) is 14.1. The number of benzene rings is 2. The lowest BCUT2D eigenvalue weighted by molar-refractivity contribution is 0.425. The average molecular weight is 797 g/mol. The van der Waals surface area contributed by atoms with Gasteiger partial charge in [0.05, 0.1) is 83.1 Å². The van der Waals surface area contributed by atoms with Gasteiger partial charge in [-0.15, -0.1) is 0 Å². The Balaban J connectivity index is 0.000000181. The smallest absolute Gasteiger partial charge is 0.196 e. The summed E-state index contributed by atoms with van der Waals surface area (Å²) in [5.41, 5.74) is 9.88. The Morgan fingerprint density at radius 3 is 1.66 bits per heavy atom. The molecule has 0 amide bonds. The number of H-pyrrole nitrogens is 2. The van der Waals surface area contributed by atoms with Crippen LogP contribution in [0.4, 0.5) is 5.82 Å². The standard InChI is InChI=1S/C24H24N8.C20H13ClN6/c1-15-23(26-2)22(16-5-7-20-18(11-16)14-29-31-20)19(12-25)24(30-15)17-6-8-21(28-13-17)27-9-10-32(3)4;1-11-19(23-2)18(12-3-5-16-14(7-12)10-25-27-16)15(8-22)20(26-11)13-4-6-17(21)24-9-13/h5-8,11,13-14,22,30H,9-10H2,1,3-4H3,(H,27,28)(H,29,31);3-7,9-10,18,26H,1H3,(H,25,27). The van der Waals surface area contributed by atoms with Crippen molar-refractivity contribution < 1.29 is 0 Å². The molecule has 2 unspecified atom stereocenters. The highest BCUT2D eigenvalue weighted by atomic mass is 35.5. The van der Waals surface area contributed by atoms with E-state index in [1.54, 1.807) is 36.9 Å². The number of likely N-dealkylation sites (N-methyl/N-ethyl adjacent to an activating group) is 1. The first kappa shape index (κ1) is 39.5. The number of nitriles is 2. The third-order valence-electron chi connectivity index (χ3n) is 10.1. The Morgan fingerprint density at radius 2 is 1.24 bits per heavy atom. The maximum Gasteiger partial charge on any atom is 0.196 e. The molecular weight excluding hydrogens is 760 g/mol. The number of nitrogens with zero attached hydrogens (tertiary/aromatic N) is 9. The quantitative estimate of drug-likeness (QED) is 0.0747. The normalized spacial score (nSPS) is 16.4. The molecule has 5 N–H and O–H groups in total. The predicted octanol–water partition coefficient (Wildman–Crippen LogP) is 8.09. The summed E-state index contributed by atoms with van der Waals surface area (Å²) in [6, 6.07) is 23.6. The monoisotopic (exact) mass is 796 g/mol. The summed E-state index contributed by atoms with van der Waals surface area (Å²) in [6.45, 7) is 20.8. The van der Waals surface area contributed by atoms with E-state index in [2.05, 4.69) is 73.0 Å². The molecule has 2 aliphatic heterocycles. The van der Waals surface area contributed by atoms with Gasteiger partial charge < -0.3 is 20.9 Å². The first-order chi connectivity index (χ1) is 28.6. The third kappa shape index (κ3) is 8.09. The molecule has 0 saturated heterocycles. The van der Waals surface area contributed by atoms with Gasteiger partial charge in [0.1, 0.15) is 11.0 Å². The summed E-state index contributed by atoms with van der Waals surface area (Å²) in [7, 11) is 4.05. The van der Waals surface area contributed by atoms with Crippen molar-refractivity contribution in [2.75, 3.05) is 32.5 Å². The fourth-order valence-electron chi connectivity index (χ4n) is 7.13. The molecular formula is C44H37ClN14. The molecule has 6 heterocycles. The molecule has 15 heteroatoms. The molecule has 2 aliphatic rings. The second-order valence-corrected chi connectivity index (χ2v) is 14.5. The van der Waals surface area contributed by atoms with Gasteiger partial charge >= 0.3 is 0 Å². The molecule has 0 saturated carbocycles. The molecule has 0 radical (unpaired) electrons. The maximum atomic E-state index is 10.1. The molecule has 0 fully saturated rings. The van der Waals surface area contributed by atoms with Crippen molar-refractivity contribution in [3.8, 4) is 12.1 Å². The van der Waals surface area contributed by atoms with Crippen molar-refractivity contribution in [1.29, 1.82) is 10.5 Å². The largest absolute Gasteiger partial charge is 0.369 e. The summed E-state index contributed by atoms with van der Waals surface area (Å²) in [5.74, 6) is -0.133. The molecule has 290 valence electrons. The van der Waals surface area contributed by atoms with Gasteiger partial charge in [-0.2, -0.15) is 20.7 Å². The van der Waals surface area contributed by atoms with Crippen LogP contribution in [0.3, 0.4) is 0 Å². The van der Waals surface area contributed by atoms with Crippen LogP contribution in [-0.4, -0.2) is 62.4 Å². The highest BCUT2D eigenvalue weighted by Gasteiger charge is 2.33. The SMILES string of the molecule is [C-]#[N+]C1=C(C)NC(c2ccc(Cl)nc2)=C(C#N)C1c1ccc2[nH]ncc2c1.[C-]#[N+]C1=C(C)NC(c2ccc(NCCN(C)C)nc2)=C(C#N)C1c1ccc2[nH]ncc2c1. The molecule has 0 spiro atoms. The van der Waals surface area contributed by atoms with Gasteiger partial charge in [0.2, 0.25) is 0 Å². The van der Waals surface area contributed by atoms with Crippen molar-refractivity contribution in [3.05, 3.63) is 170 Å². The van der Waals surface area contributed by atoms with Crippen molar-refractivity contribution in [3.63, 3.8) is 0 Å². The van der Waals surface area contributed by atoms with E-state index in [-0.39, 0.29) is 0 Å². The van der Waals surface area contributed by atoms with E-state index in [9.17, 15) is 10.5 Å². The van der Waals surface area contributed by atoms with Crippen molar-refractivity contribution in [1.82, 2.24) is 45.9 Å². The average Bonchev–Trinajstić information content (AvgIpc) is 3.93. The van der Waals surface area contributed by atoms with E-state index in [1.165, 1.54) is 0 Å². The van der Waals surface area contributed by atoms with Crippen LogP contribution in [0, 0.1) is 35.8 Å². The van der Waals surface area contributed by atoms with E-state index >= 15 is 0 Å². The van der Waals surface area contributed by atoms with E-state index in [0.29, 0.717) is 44.8 Å². The van der Waals surface area contributed by atoms with Crippen LogP contribution in [0.15, 0.2) is 119 Å². The Bertz CT molecular complexity index is 2870. The lowest BCUT2D eigenvalue weighted by Crippen LogP contribution is -2.23. The van der Waals surface area contributed by atoms with Crippen molar-refractivity contribution in [2.24, 2.45) is 0 Å². The number of aromatic amines is 2. The van der Waals surface area contributed by atoms with Gasteiger partial charge in [-0.05, 0) is 87.6 Å². The zero-order chi connectivity index (χ0) is 41.6. The molecule has 2 atom stereocenters. The minimum absolute atomic E-state index is 0.379. The lowest BCUT2D eigenvalue weighted by Gasteiger charge is -2.27.